The average molecular weight is 427 g/mol. The van der Waals surface area contributed by atoms with Gasteiger partial charge in [-0.2, -0.15) is 0 Å². The maximum Gasteiger partial charge on any atom is 0.289 e. The van der Waals surface area contributed by atoms with E-state index in [-0.39, 0.29) is 12.4 Å². The molecule has 0 bridgehead atoms. The largest absolute Gasteiger partial charge is 0.488 e. The van der Waals surface area contributed by atoms with E-state index in [0.717, 1.165) is 22.4 Å². The van der Waals surface area contributed by atoms with Crippen molar-refractivity contribution in [2.45, 2.75) is 32.4 Å². The van der Waals surface area contributed by atoms with Crippen LogP contribution in [-0.2, 0) is 6.61 Å². The zero-order valence-corrected chi connectivity index (χ0v) is 17.6. The van der Waals surface area contributed by atoms with Crippen molar-refractivity contribution in [1.82, 2.24) is 10.2 Å². The minimum Gasteiger partial charge on any atom is -0.488 e. The summed E-state index contributed by atoms with van der Waals surface area (Å²) in [6.07, 6.45) is 0. The van der Waals surface area contributed by atoms with Crippen molar-refractivity contribution in [2.75, 3.05) is 32.8 Å². The molecule has 1 fully saturated rings. The number of aryl methyl sites for hydroxylation is 2. The lowest BCUT2D eigenvalue weighted by atomic mass is 9.94. The fourth-order valence-electron chi connectivity index (χ4n) is 3.85. The van der Waals surface area contributed by atoms with E-state index in [0.29, 0.717) is 38.3 Å². The van der Waals surface area contributed by atoms with Gasteiger partial charge in [0.25, 0.3) is 5.92 Å². The Balaban J connectivity index is 0.00000300. The van der Waals surface area contributed by atoms with Crippen molar-refractivity contribution >= 4 is 12.4 Å². The Labute approximate surface area is 177 Å². The number of rotatable bonds is 7. The molecule has 2 N–H and O–H groups in total. The van der Waals surface area contributed by atoms with E-state index in [1.165, 1.54) is 0 Å². The van der Waals surface area contributed by atoms with Crippen LogP contribution in [0.5, 0.6) is 5.75 Å². The Morgan fingerprint density at radius 2 is 1.69 bits per heavy atom. The van der Waals surface area contributed by atoms with Crippen molar-refractivity contribution in [2.24, 2.45) is 0 Å². The third-order valence-electron chi connectivity index (χ3n) is 5.15. The van der Waals surface area contributed by atoms with Gasteiger partial charge in [0.15, 0.2) is 0 Å². The second-order valence-electron chi connectivity index (χ2n) is 7.37. The van der Waals surface area contributed by atoms with E-state index in [4.69, 9.17) is 4.74 Å². The van der Waals surface area contributed by atoms with Gasteiger partial charge in [0.05, 0.1) is 0 Å². The predicted molar refractivity (Wildman–Crippen MR) is 113 cm³/mol. The minimum absolute atomic E-state index is 0. The molecule has 1 aliphatic heterocycles. The van der Waals surface area contributed by atoms with Crippen LogP contribution in [0.15, 0.2) is 42.5 Å². The summed E-state index contributed by atoms with van der Waals surface area (Å²) in [6, 6.07) is 12.2. The lowest BCUT2D eigenvalue weighted by Gasteiger charge is -2.39. The van der Waals surface area contributed by atoms with Crippen LogP contribution in [0.3, 0.4) is 0 Å². The van der Waals surface area contributed by atoms with Gasteiger partial charge in [-0.1, -0.05) is 42.5 Å². The Morgan fingerprint density at radius 3 is 2.24 bits per heavy atom. The molecule has 2 aromatic carbocycles. The van der Waals surface area contributed by atoms with Crippen LogP contribution >= 0.6 is 12.4 Å². The van der Waals surface area contributed by atoms with Gasteiger partial charge in [-0.15, -0.1) is 12.4 Å². The quantitative estimate of drug-likeness (QED) is 0.705. The number of ether oxygens (including phenoxy) is 1. The van der Waals surface area contributed by atoms with Crippen molar-refractivity contribution in [3.8, 4) is 5.75 Å². The topological polar surface area (TPSA) is 44.7 Å². The summed E-state index contributed by atoms with van der Waals surface area (Å²) in [5.74, 6) is -2.50. The normalized spacial score (nSPS) is 16.2. The monoisotopic (exact) mass is 426 g/mol. The first-order valence-corrected chi connectivity index (χ1v) is 9.63. The van der Waals surface area contributed by atoms with E-state index in [9.17, 15) is 13.9 Å². The Kier molecular flexibility index (Phi) is 8.40. The highest BCUT2D eigenvalue weighted by Gasteiger charge is 2.44. The maximum atomic E-state index is 14.7. The second kappa shape index (κ2) is 10.3. The van der Waals surface area contributed by atoms with Gasteiger partial charge >= 0.3 is 0 Å². The molecule has 4 nitrogen and oxygen atoms in total. The SMILES string of the molecule is Cc1cc([C@@H](N2CCNCC2)C(F)(F)CO)cc(C)c1OCc1ccccc1.Cl. The van der Waals surface area contributed by atoms with Crippen LogP contribution in [0.1, 0.15) is 28.3 Å². The number of benzene rings is 2. The number of alkyl halides is 2. The highest BCUT2D eigenvalue weighted by molar-refractivity contribution is 5.85. The smallest absolute Gasteiger partial charge is 0.289 e. The molecule has 1 aliphatic rings. The van der Waals surface area contributed by atoms with Crippen LogP contribution in [-0.4, -0.2) is 48.7 Å². The first kappa shape index (κ1) is 23.5. The summed E-state index contributed by atoms with van der Waals surface area (Å²) >= 11 is 0. The number of hydrogen-bond acceptors (Lipinski definition) is 4. The van der Waals surface area contributed by atoms with Crippen molar-refractivity contribution in [3.63, 3.8) is 0 Å². The van der Waals surface area contributed by atoms with Gasteiger partial charge in [-0.3, -0.25) is 4.90 Å². The Hall–Kier alpha value is -1.73. The summed E-state index contributed by atoms with van der Waals surface area (Å²) < 4.78 is 35.3. The molecule has 1 heterocycles. The molecule has 0 saturated carbocycles. The average Bonchev–Trinajstić information content (AvgIpc) is 2.69. The number of aliphatic hydroxyl groups is 1. The number of piperazine rings is 1. The minimum atomic E-state index is -3.22. The molecule has 0 spiro atoms. The Bertz CT molecular complexity index is 761. The second-order valence-corrected chi connectivity index (χ2v) is 7.37. The highest BCUT2D eigenvalue weighted by atomic mass is 35.5. The van der Waals surface area contributed by atoms with Gasteiger partial charge in [-0.25, -0.2) is 8.78 Å². The number of nitrogens with one attached hydrogen (secondary N) is 1. The third-order valence-corrected chi connectivity index (χ3v) is 5.15. The molecular weight excluding hydrogens is 398 g/mol. The van der Waals surface area contributed by atoms with Gasteiger partial charge in [-0.05, 0) is 36.1 Å². The van der Waals surface area contributed by atoms with E-state index in [1.807, 2.05) is 44.2 Å². The number of halogens is 3. The third kappa shape index (κ3) is 5.66. The lowest BCUT2D eigenvalue weighted by molar-refractivity contribution is -0.118. The molecule has 0 radical (unpaired) electrons. The van der Waals surface area contributed by atoms with Crippen LogP contribution in [0.4, 0.5) is 8.78 Å². The standard InChI is InChI=1S/C22H28F2N2O2.ClH/c1-16-12-19(21(22(23,24)15-27)26-10-8-25-9-11-26)13-17(2)20(16)28-14-18-6-4-3-5-7-18;/h3-7,12-13,21,25,27H,8-11,14-15H2,1-2H3;1H/t21-;/m1./s1. The molecule has 1 saturated heterocycles. The first-order valence-electron chi connectivity index (χ1n) is 9.63. The lowest BCUT2D eigenvalue weighted by Crippen LogP contribution is -2.51. The van der Waals surface area contributed by atoms with Crippen LogP contribution in [0, 0.1) is 13.8 Å². The van der Waals surface area contributed by atoms with Crippen LogP contribution < -0.4 is 10.1 Å². The molecule has 160 valence electrons. The van der Waals surface area contributed by atoms with Crippen molar-refractivity contribution in [1.29, 1.82) is 0 Å². The number of nitrogens with zero attached hydrogens (tertiary/aromatic N) is 1. The van der Waals surface area contributed by atoms with Crippen LogP contribution in [0.2, 0.25) is 0 Å². The number of aliphatic hydroxyl groups excluding tert-OH is 1. The zero-order valence-electron chi connectivity index (χ0n) is 16.8. The molecular formula is C22H29ClF2N2O2. The van der Waals surface area contributed by atoms with Gasteiger partial charge in [0.2, 0.25) is 0 Å². The van der Waals surface area contributed by atoms with E-state index >= 15 is 0 Å². The summed E-state index contributed by atoms with van der Waals surface area (Å²) in [6.45, 7) is 5.37. The summed E-state index contributed by atoms with van der Waals surface area (Å²) in [5.41, 5.74) is 3.21. The first-order chi connectivity index (χ1) is 13.4. The molecule has 29 heavy (non-hydrogen) atoms. The summed E-state index contributed by atoms with van der Waals surface area (Å²) in [4.78, 5) is 1.76. The fraction of sp³-hybridized carbons (Fsp3) is 0.455. The molecule has 0 unspecified atom stereocenters. The highest BCUT2D eigenvalue weighted by Crippen LogP contribution is 2.39. The Morgan fingerprint density at radius 1 is 1.10 bits per heavy atom. The predicted octanol–water partition coefficient (Wildman–Crippen LogP) is 3.88. The van der Waals surface area contributed by atoms with Crippen molar-refractivity contribution < 1.29 is 18.6 Å². The van der Waals surface area contributed by atoms with Gasteiger partial charge < -0.3 is 15.2 Å². The van der Waals surface area contributed by atoms with Gasteiger partial charge in [0, 0.05) is 26.2 Å². The maximum absolute atomic E-state index is 14.7. The van der Waals surface area contributed by atoms with Gasteiger partial charge in [0.1, 0.15) is 25.0 Å². The number of hydrogen-bond donors (Lipinski definition) is 2. The fourth-order valence-corrected chi connectivity index (χ4v) is 3.85. The van der Waals surface area contributed by atoms with E-state index in [1.54, 1.807) is 17.0 Å². The zero-order chi connectivity index (χ0) is 20.1. The molecule has 7 heteroatoms. The molecule has 1 atom stereocenters. The van der Waals surface area contributed by atoms with E-state index < -0.39 is 18.6 Å². The molecule has 0 amide bonds. The summed E-state index contributed by atoms with van der Waals surface area (Å²) in [7, 11) is 0. The van der Waals surface area contributed by atoms with E-state index in [2.05, 4.69) is 5.32 Å². The van der Waals surface area contributed by atoms with Crippen molar-refractivity contribution in [3.05, 3.63) is 64.7 Å². The molecule has 0 aliphatic carbocycles. The molecule has 3 rings (SSSR count). The molecule has 0 aromatic heterocycles. The summed E-state index contributed by atoms with van der Waals surface area (Å²) in [5, 5.41) is 12.5. The van der Waals surface area contributed by atoms with Crippen LogP contribution in [0.25, 0.3) is 0 Å². The molecule has 2 aromatic rings.